The molecule has 1 aromatic carbocycles. The summed E-state index contributed by atoms with van der Waals surface area (Å²) < 4.78 is 0. The van der Waals surface area contributed by atoms with Gasteiger partial charge in [-0.15, -0.1) is 0 Å². The van der Waals surface area contributed by atoms with Gasteiger partial charge in [0.05, 0.1) is 17.0 Å². The summed E-state index contributed by atoms with van der Waals surface area (Å²) in [6, 6.07) is 7.94. The van der Waals surface area contributed by atoms with Crippen LogP contribution in [0.4, 0.5) is 0 Å². The number of piperidine rings is 2. The molecule has 2 aliphatic heterocycles. The van der Waals surface area contributed by atoms with Crippen LogP contribution in [0, 0.1) is 11.8 Å². The molecule has 0 radical (unpaired) electrons. The van der Waals surface area contributed by atoms with Crippen molar-refractivity contribution >= 4 is 23.6 Å². The fourth-order valence-corrected chi connectivity index (χ4v) is 5.52. The zero-order valence-corrected chi connectivity index (χ0v) is 25.1. The van der Waals surface area contributed by atoms with Crippen molar-refractivity contribution in [1.82, 2.24) is 20.4 Å². The van der Waals surface area contributed by atoms with Gasteiger partial charge < -0.3 is 20.4 Å². The van der Waals surface area contributed by atoms with E-state index in [1.54, 1.807) is 23.6 Å². The molecule has 2 aliphatic rings. The Kier molecular flexibility index (Phi) is 9.64. The summed E-state index contributed by atoms with van der Waals surface area (Å²) >= 11 is 0. The van der Waals surface area contributed by atoms with E-state index in [0.29, 0.717) is 50.2 Å². The van der Waals surface area contributed by atoms with Gasteiger partial charge >= 0.3 is 0 Å². The van der Waals surface area contributed by atoms with Crippen molar-refractivity contribution in [3.05, 3.63) is 59.7 Å². The van der Waals surface area contributed by atoms with Crippen molar-refractivity contribution < 1.29 is 19.2 Å². The largest absolute Gasteiger partial charge is 0.347 e. The predicted octanol–water partition coefficient (Wildman–Crippen LogP) is 4.02. The number of hydrogen-bond acceptors (Lipinski definition) is 4. The van der Waals surface area contributed by atoms with Gasteiger partial charge in [-0.3, -0.25) is 19.2 Å². The molecule has 0 aromatic heterocycles. The van der Waals surface area contributed by atoms with Crippen LogP contribution in [0.5, 0.6) is 0 Å². The second-order valence-corrected chi connectivity index (χ2v) is 12.5. The molecule has 2 fully saturated rings. The number of carbonyl (C=O) groups excluding carboxylic acids is 4. The van der Waals surface area contributed by atoms with Gasteiger partial charge in [-0.2, -0.15) is 0 Å². The average Bonchev–Trinajstić information content (AvgIpc) is 2.91. The first-order valence-electron chi connectivity index (χ1n) is 14.3. The minimum atomic E-state index is -0.656. The highest BCUT2D eigenvalue weighted by atomic mass is 16.2. The number of nitrogens with zero attached hydrogens (tertiary/aromatic N) is 2. The summed E-state index contributed by atoms with van der Waals surface area (Å²) in [5.41, 5.74) is 1.57. The van der Waals surface area contributed by atoms with Gasteiger partial charge in [-0.25, -0.2) is 0 Å². The minimum Gasteiger partial charge on any atom is -0.347 e. The standard InChI is InChI=1S/C32H46N4O4/c1-21(2)29(39)35-17-14-23(15-18-35)27(37)33-31(5,6)25-12-9-13-26(19-25)32(7,8)34-28(38)24-11-10-16-36(20-24)30(40)22(3)4/h9,12-13,19,23-24H,1,3,10-11,14-18,20H2,2,4-8H3,(H,33,37)(H,34,38). The van der Waals surface area contributed by atoms with Crippen LogP contribution < -0.4 is 10.6 Å². The molecule has 4 amide bonds. The monoisotopic (exact) mass is 550 g/mol. The molecule has 1 aromatic rings. The highest BCUT2D eigenvalue weighted by Crippen LogP contribution is 2.29. The van der Waals surface area contributed by atoms with Gasteiger partial charge in [0.25, 0.3) is 0 Å². The number of likely N-dealkylation sites (tertiary alicyclic amines) is 2. The van der Waals surface area contributed by atoms with Crippen molar-refractivity contribution in [3.63, 3.8) is 0 Å². The van der Waals surface area contributed by atoms with E-state index in [4.69, 9.17) is 0 Å². The van der Waals surface area contributed by atoms with Crippen LogP contribution in [0.15, 0.2) is 48.6 Å². The smallest absolute Gasteiger partial charge is 0.248 e. The maximum Gasteiger partial charge on any atom is 0.248 e. The maximum atomic E-state index is 13.3. The van der Waals surface area contributed by atoms with Gasteiger partial charge in [0.1, 0.15) is 0 Å². The fourth-order valence-electron chi connectivity index (χ4n) is 5.52. The number of amides is 4. The normalized spacial score (nSPS) is 18.6. The lowest BCUT2D eigenvalue weighted by atomic mass is 9.85. The van der Waals surface area contributed by atoms with Crippen LogP contribution >= 0.6 is 0 Å². The molecular weight excluding hydrogens is 504 g/mol. The topological polar surface area (TPSA) is 98.8 Å². The van der Waals surface area contributed by atoms with Gasteiger partial charge in [-0.1, -0.05) is 37.4 Å². The summed E-state index contributed by atoms with van der Waals surface area (Å²) in [7, 11) is 0. The second-order valence-electron chi connectivity index (χ2n) is 12.5. The second kappa shape index (κ2) is 12.4. The Labute approximate surface area is 239 Å². The third-order valence-corrected chi connectivity index (χ3v) is 8.14. The zero-order valence-electron chi connectivity index (χ0n) is 25.1. The van der Waals surface area contributed by atoms with E-state index >= 15 is 0 Å². The van der Waals surface area contributed by atoms with E-state index in [9.17, 15) is 19.2 Å². The molecule has 0 saturated carbocycles. The fraction of sp³-hybridized carbons (Fsp3) is 0.562. The third kappa shape index (κ3) is 7.40. The molecule has 1 atom stereocenters. The van der Waals surface area contributed by atoms with Crippen LogP contribution in [0.1, 0.15) is 78.4 Å². The molecule has 0 spiro atoms. The Morgan fingerprint density at radius 2 is 1.23 bits per heavy atom. The summed E-state index contributed by atoms with van der Waals surface area (Å²) in [6.45, 7) is 20.9. The molecule has 2 N–H and O–H groups in total. The van der Waals surface area contributed by atoms with Crippen LogP contribution in [-0.4, -0.2) is 59.6 Å². The van der Waals surface area contributed by atoms with E-state index in [0.717, 1.165) is 24.0 Å². The first kappa shape index (κ1) is 31.1. The number of rotatable bonds is 8. The average molecular weight is 551 g/mol. The zero-order chi connectivity index (χ0) is 29.8. The van der Waals surface area contributed by atoms with E-state index in [1.807, 2.05) is 52.0 Å². The highest BCUT2D eigenvalue weighted by molar-refractivity contribution is 5.93. The molecular formula is C32H46N4O4. The number of hydrogen-bond donors (Lipinski definition) is 2. The Morgan fingerprint density at radius 1 is 0.750 bits per heavy atom. The third-order valence-electron chi connectivity index (χ3n) is 8.14. The predicted molar refractivity (Wildman–Crippen MR) is 157 cm³/mol. The molecule has 2 heterocycles. The molecule has 40 heavy (non-hydrogen) atoms. The lowest BCUT2D eigenvalue weighted by Crippen LogP contribution is -2.50. The van der Waals surface area contributed by atoms with Gasteiger partial charge in [0, 0.05) is 43.2 Å². The summed E-state index contributed by atoms with van der Waals surface area (Å²) in [5.74, 6) is -0.659. The first-order valence-corrected chi connectivity index (χ1v) is 14.3. The number of nitrogens with one attached hydrogen (secondary N) is 2. The summed E-state index contributed by atoms with van der Waals surface area (Å²) in [6.07, 6.45) is 2.76. The van der Waals surface area contributed by atoms with E-state index in [-0.39, 0.29) is 35.5 Å². The number of carbonyl (C=O) groups is 4. The molecule has 2 saturated heterocycles. The SMILES string of the molecule is C=C(C)C(=O)N1CCC(C(=O)NC(C)(C)c2cccc(C(C)(C)NC(=O)C3CCCN(C(=O)C(=C)C)C3)c2)CC1. The van der Waals surface area contributed by atoms with E-state index < -0.39 is 11.1 Å². The van der Waals surface area contributed by atoms with Crippen molar-refractivity contribution in [2.45, 2.75) is 78.3 Å². The highest BCUT2D eigenvalue weighted by Gasteiger charge is 2.34. The minimum absolute atomic E-state index is 0.0171. The van der Waals surface area contributed by atoms with Crippen LogP contribution in [0.2, 0.25) is 0 Å². The Balaban J connectivity index is 1.64. The van der Waals surface area contributed by atoms with Gasteiger partial charge in [-0.05, 0) is 78.4 Å². The van der Waals surface area contributed by atoms with Crippen molar-refractivity contribution in [3.8, 4) is 0 Å². The Morgan fingerprint density at radius 3 is 1.73 bits per heavy atom. The van der Waals surface area contributed by atoms with Crippen LogP contribution in [0.3, 0.4) is 0 Å². The molecule has 8 nitrogen and oxygen atoms in total. The van der Waals surface area contributed by atoms with E-state index in [2.05, 4.69) is 23.8 Å². The Bertz CT molecular complexity index is 1180. The molecule has 1 unspecified atom stereocenters. The quantitative estimate of drug-likeness (QED) is 0.478. The lowest BCUT2D eigenvalue weighted by molar-refractivity contribution is -0.133. The maximum absolute atomic E-state index is 13.3. The van der Waals surface area contributed by atoms with Crippen LogP contribution in [0.25, 0.3) is 0 Å². The van der Waals surface area contributed by atoms with Crippen molar-refractivity contribution in [2.24, 2.45) is 11.8 Å². The van der Waals surface area contributed by atoms with Crippen molar-refractivity contribution in [1.29, 1.82) is 0 Å². The Hall–Kier alpha value is -3.42. The summed E-state index contributed by atoms with van der Waals surface area (Å²) in [4.78, 5) is 54.5. The lowest BCUT2D eigenvalue weighted by Gasteiger charge is -2.36. The van der Waals surface area contributed by atoms with Gasteiger partial charge in [0.2, 0.25) is 23.6 Å². The van der Waals surface area contributed by atoms with Gasteiger partial charge in [0.15, 0.2) is 0 Å². The first-order chi connectivity index (χ1) is 18.6. The molecule has 218 valence electrons. The molecule has 8 heteroatoms. The molecule has 3 rings (SSSR count). The number of benzene rings is 1. The molecule has 0 bridgehead atoms. The van der Waals surface area contributed by atoms with Crippen molar-refractivity contribution in [2.75, 3.05) is 26.2 Å². The molecule has 0 aliphatic carbocycles. The van der Waals surface area contributed by atoms with E-state index in [1.165, 1.54) is 0 Å². The summed E-state index contributed by atoms with van der Waals surface area (Å²) in [5, 5.41) is 6.41. The van der Waals surface area contributed by atoms with Crippen LogP contribution in [-0.2, 0) is 30.3 Å².